The maximum Gasteiger partial charge on any atom is 0.340 e. The summed E-state index contributed by atoms with van der Waals surface area (Å²) in [5.74, 6) is -0.462. The molecule has 3 aromatic rings. The summed E-state index contributed by atoms with van der Waals surface area (Å²) < 4.78 is 5.21. The molecular formula is C18H15ClN2O4. The third kappa shape index (κ3) is 3.64. The molecule has 0 fully saturated rings. The summed E-state index contributed by atoms with van der Waals surface area (Å²) in [6, 6.07) is 6.40. The van der Waals surface area contributed by atoms with Crippen molar-refractivity contribution in [2.45, 2.75) is 19.9 Å². The number of halogens is 1. The molecule has 3 rings (SSSR count). The lowest BCUT2D eigenvalue weighted by molar-refractivity contribution is -0.120. The zero-order chi connectivity index (χ0) is 18.0. The third-order valence-electron chi connectivity index (χ3n) is 3.93. The van der Waals surface area contributed by atoms with E-state index in [2.05, 4.69) is 10.3 Å². The number of carbonyl (C=O) groups is 1. The SMILES string of the molecule is Cc1c(CC(=O)NCc2ccncc2)c(=O)oc2cc(O)c(Cl)cc12. The number of carbonyl (C=O) groups excluding carboxylic acids is 1. The first-order valence-corrected chi connectivity index (χ1v) is 7.94. The van der Waals surface area contributed by atoms with E-state index < -0.39 is 5.63 Å². The minimum absolute atomic E-state index is 0.103. The molecule has 0 atom stereocenters. The van der Waals surface area contributed by atoms with E-state index in [1.54, 1.807) is 31.5 Å². The van der Waals surface area contributed by atoms with E-state index in [1.807, 2.05) is 0 Å². The average Bonchev–Trinajstić information content (AvgIpc) is 2.60. The molecule has 2 N–H and O–H groups in total. The van der Waals surface area contributed by atoms with Gasteiger partial charge in [-0.15, -0.1) is 0 Å². The summed E-state index contributed by atoms with van der Waals surface area (Å²) >= 11 is 5.92. The molecule has 0 saturated carbocycles. The summed E-state index contributed by atoms with van der Waals surface area (Å²) in [5, 5.41) is 13.1. The number of benzene rings is 1. The summed E-state index contributed by atoms with van der Waals surface area (Å²) in [5.41, 5.74) is 1.40. The molecule has 0 aliphatic rings. The molecule has 0 aliphatic heterocycles. The predicted molar refractivity (Wildman–Crippen MR) is 93.7 cm³/mol. The number of aryl methyl sites for hydroxylation is 1. The Bertz CT molecular complexity index is 999. The van der Waals surface area contributed by atoms with Crippen LogP contribution in [0.3, 0.4) is 0 Å². The molecule has 0 aliphatic carbocycles. The highest BCUT2D eigenvalue weighted by Crippen LogP contribution is 2.30. The fourth-order valence-corrected chi connectivity index (χ4v) is 2.69. The Morgan fingerprint density at radius 2 is 2.04 bits per heavy atom. The van der Waals surface area contributed by atoms with Crippen molar-refractivity contribution in [3.05, 3.63) is 68.8 Å². The van der Waals surface area contributed by atoms with Gasteiger partial charge in [0.25, 0.3) is 0 Å². The smallest absolute Gasteiger partial charge is 0.340 e. The average molecular weight is 359 g/mol. The van der Waals surface area contributed by atoms with Crippen LogP contribution in [0.1, 0.15) is 16.7 Å². The highest BCUT2D eigenvalue weighted by Gasteiger charge is 2.16. The van der Waals surface area contributed by atoms with Gasteiger partial charge < -0.3 is 14.8 Å². The van der Waals surface area contributed by atoms with Crippen molar-refractivity contribution in [2.24, 2.45) is 0 Å². The molecule has 1 aromatic carbocycles. The Balaban J connectivity index is 1.84. The largest absolute Gasteiger partial charge is 0.506 e. The molecule has 0 bridgehead atoms. The van der Waals surface area contributed by atoms with Crippen LogP contribution in [0.5, 0.6) is 5.75 Å². The van der Waals surface area contributed by atoms with Gasteiger partial charge in [-0.25, -0.2) is 4.79 Å². The van der Waals surface area contributed by atoms with Crippen LogP contribution in [0, 0.1) is 6.92 Å². The molecule has 6 nitrogen and oxygen atoms in total. The highest BCUT2D eigenvalue weighted by molar-refractivity contribution is 6.32. The predicted octanol–water partition coefficient (Wildman–Crippen LogP) is 2.71. The van der Waals surface area contributed by atoms with Crippen LogP contribution in [0.2, 0.25) is 5.02 Å². The number of amides is 1. The second-order valence-corrected chi connectivity index (χ2v) is 6.01. The normalized spacial score (nSPS) is 10.8. The van der Waals surface area contributed by atoms with Gasteiger partial charge in [-0.05, 0) is 36.2 Å². The number of phenolic OH excluding ortho intramolecular Hbond substituents is 1. The van der Waals surface area contributed by atoms with Crippen molar-refractivity contribution < 1.29 is 14.3 Å². The lowest BCUT2D eigenvalue weighted by Gasteiger charge is -2.09. The van der Waals surface area contributed by atoms with Crippen LogP contribution in [0.4, 0.5) is 0 Å². The zero-order valence-electron chi connectivity index (χ0n) is 13.4. The van der Waals surface area contributed by atoms with Gasteiger partial charge in [0.1, 0.15) is 11.3 Å². The van der Waals surface area contributed by atoms with Crippen molar-refractivity contribution >= 4 is 28.5 Å². The van der Waals surface area contributed by atoms with Crippen molar-refractivity contribution in [3.8, 4) is 5.75 Å². The third-order valence-corrected chi connectivity index (χ3v) is 4.23. The standard InChI is InChI=1S/C18H15ClN2O4/c1-10-12-6-14(19)15(22)8-16(12)25-18(24)13(10)7-17(23)21-9-11-2-4-20-5-3-11/h2-6,8,22H,7,9H2,1H3,(H,21,23). The first-order valence-electron chi connectivity index (χ1n) is 7.56. The van der Waals surface area contributed by atoms with Gasteiger partial charge in [-0.3, -0.25) is 9.78 Å². The van der Waals surface area contributed by atoms with Gasteiger partial charge in [0.05, 0.1) is 17.0 Å². The zero-order valence-corrected chi connectivity index (χ0v) is 14.1. The lowest BCUT2D eigenvalue weighted by atomic mass is 10.0. The second kappa shape index (κ2) is 6.94. The minimum Gasteiger partial charge on any atom is -0.506 e. The van der Waals surface area contributed by atoms with E-state index in [4.69, 9.17) is 16.0 Å². The van der Waals surface area contributed by atoms with Crippen molar-refractivity contribution in [1.29, 1.82) is 0 Å². The van der Waals surface area contributed by atoms with Crippen LogP contribution in [-0.2, 0) is 17.8 Å². The van der Waals surface area contributed by atoms with Gasteiger partial charge in [-0.2, -0.15) is 0 Å². The van der Waals surface area contributed by atoms with Crippen molar-refractivity contribution in [1.82, 2.24) is 10.3 Å². The summed E-state index contributed by atoms with van der Waals surface area (Å²) in [6.07, 6.45) is 3.18. The van der Waals surface area contributed by atoms with E-state index in [1.165, 1.54) is 12.1 Å². The molecule has 25 heavy (non-hydrogen) atoms. The summed E-state index contributed by atoms with van der Waals surface area (Å²) in [4.78, 5) is 28.3. The number of hydrogen-bond donors (Lipinski definition) is 2. The maximum atomic E-state index is 12.2. The van der Waals surface area contributed by atoms with Gasteiger partial charge in [0.2, 0.25) is 5.91 Å². The molecule has 2 heterocycles. The van der Waals surface area contributed by atoms with Crippen LogP contribution < -0.4 is 10.9 Å². The quantitative estimate of drug-likeness (QED) is 0.699. The van der Waals surface area contributed by atoms with Gasteiger partial charge in [0, 0.05) is 30.4 Å². The monoisotopic (exact) mass is 358 g/mol. The number of aromatic nitrogens is 1. The number of nitrogens with one attached hydrogen (secondary N) is 1. The Kier molecular flexibility index (Phi) is 4.72. The van der Waals surface area contributed by atoms with E-state index >= 15 is 0 Å². The molecule has 0 spiro atoms. The fourth-order valence-electron chi connectivity index (χ4n) is 2.53. The van der Waals surface area contributed by atoms with Crippen LogP contribution >= 0.6 is 11.6 Å². The summed E-state index contributed by atoms with van der Waals surface area (Å²) in [7, 11) is 0. The van der Waals surface area contributed by atoms with Crippen LogP contribution in [0.15, 0.2) is 45.9 Å². The van der Waals surface area contributed by atoms with Crippen molar-refractivity contribution in [2.75, 3.05) is 0 Å². The van der Waals surface area contributed by atoms with Crippen molar-refractivity contribution in [3.63, 3.8) is 0 Å². The topological polar surface area (TPSA) is 92.4 Å². The molecule has 7 heteroatoms. The second-order valence-electron chi connectivity index (χ2n) is 5.60. The minimum atomic E-state index is -0.606. The number of nitrogens with zero attached hydrogens (tertiary/aromatic N) is 1. The number of rotatable bonds is 4. The van der Waals surface area contributed by atoms with E-state index in [0.717, 1.165) is 5.56 Å². The Hall–Kier alpha value is -2.86. The Morgan fingerprint density at radius 1 is 1.32 bits per heavy atom. The number of aromatic hydroxyl groups is 1. The number of hydrogen-bond acceptors (Lipinski definition) is 5. The van der Waals surface area contributed by atoms with Gasteiger partial charge >= 0.3 is 5.63 Å². The number of phenols is 1. The summed E-state index contributed by atoms with van der Waals surface area (Å²) in [6.45, 7) is 2.07. The molecule has 0 radical (unpaired) electrons. The first-order chi connectivity index (χ1) is 12.0. The Morgan fingerprint density at radius 3 is 2.76 bits per heavy atom. The highest BCUT2D eigenvalue weighted by atomic mass is 35.5. The molecular weight excluding hydrogens is 344 g/mol. The number of fused-ring (bicyclic) bond motifs is 1. The Labute approximate surface area is 148 Å². The van der Waals surface area contributed by atoms with Gasteiger partial charge in [0.15, 0.2) is 0 Å². The molecule has 0 saturated heterocycles. The molecule has 128 valence electrons. The molecule has 2 aromatic heterocycles. The maximum absolute atomic E-state index is 12.2. The van der Waals surface area contributed by atoms with Crippen LogP contribution in [0.25, 0.3) is 11.0 Å². The fraction of sp³-hybridized carbons (Fsp3) is 0.167. The lowest BCUT2D eigenvalue weighted by Crippen LogP contribution is -2.27. The van der Waals surface area contributed by atoms with Crippen LogP contribution in [-0.4, -0.2) is 16.0 Å². The van der Waals surface area contributed by atoms with Gasteiger partial charge in [-0.1, -0.05) is 11.6 Å². The molecule has 1 amide bonds. The van der Waals surface area contributed by atoms with E-state index in [0.29, 0.717) is 17.5 Å². The molecule has 0 unspecified atom stereocenters. The number of pyridine rings is 1. The van der Waals surface area contributed by atoms with E-state index in [-0.39, 0.29) is 34.2 Å². The first kappa shape index (κ1) is 17.0. The van der Waals surface area contributed by atoms with E-state index in [9.17, 15) is 14.7 Å².